The maximum atomic E-state index is 13.7. The molecule has 2 amide bonds. The molecule has 0 unspecified atom stereocenters. The summed E-state index contributed by atoms with van der Waals surface area (Å²) in [6.07, 6.45) is 2.65. The summed E-state index contributed by atoms with van der Waals surface area (Å²) in [4.78, 5) is 30.6. The van der Waals surface area contributed by atoms with Gasteiger partial charge in [0.2, 0.25) is 5.91 Å². The zero-order chi connectivity index (χ0) is 28.2. The summed E-state index contributed by atoms with van der Waals surface area (Å²) in [5.41, 5.74) is 2.54. The number of ether oxygens (including phenoxy) is 2. The molecule has 0 atom stereocenters. The van der Waals surface area contributed by atoms with E-state index < -0.39 is 0 Å². The first-order valence-corrected chi connectivity index (χ1v) is 13.9. The molecule has 1 heterocycles. The lowest BCUT2D eigenvalue weighted by Crippen LogP contribution is -2.44. The van der Waals surface area contributed by atoms with Gasteiger partial charge in [0, 0.05) is 55.3 Å². The standard InChI is InChI=1S/C31H40ClN3O4/c1-5-39-19-9-18-34(31(37)25-13-15-28(38-4)16-14-25)23-30(36)35(20-24(2)3)22-27-11-8-17-33(27)21-26-10-6-7-12-29(26)32/h6-8,10-17,24H,5,9,18-23H2,1-4H3. The fourth-order valence-electron chi connectivity index (χ4n) is 4.38. The van der Waals surface area contributed by atoms with Gasteiger partial charge in [-0.3, -0.25) is 9.59 Å². The minimum Gasteiger partial charge on any atom is -0.497 e. The third-order valence-corrected chi connectivity index (χ3v) is 6.75. The molecule has 39 heavy (non-hydrogen) atoms. The molecule has 7 nitrogen and oxygen atoms in total. The Morgan fingerprint density at radius 2 is 1.74 bits per heavy atom. The van der Waals surface area contributed by atoms with Gasteiger partial charge in [-0.1, -0.05) is 43.6 Å². The van der Waals surface area contributed by atoms with Crippen molar-refractivity contribution in [2.24, 2.45) is 5.92 Å². The number of carbonyl (C=O) groups is 2. The monoisotopic (exact) mass is 553 g/mol. The van der Waals surface area contributed by atoms with Gasteiger partial charge in [-0.25, -0.2) is 0 Å². The minimum absolute atomic E-state index is 0.00503. The zero-order valence-corrected chi connectivity index (χ0v) is 24.2. The van der Waals surface area contributed by atoms with Crippen molar-refractivity contribution in [2.75, 3.05) is 40.0 Å². The summed E-state index contributed by atoms with van der Waals surface area (Å²) >= 11 is 6.40. The van der Waals surface area contributed by atoms with Crippen molar-refractivity contribution in [1.29, 1.82) is 0 Å². The van der Waals surface area contributed by atoms with Crippen LogP contribution in [0.5, 0.6) is 5.75 Å². The molecule has 0 bridgehead atoms. The number of hydrogen-bond donors (Lipinski definition) is 0. The third kappa shape index (κ3) is 9.15. The van der Waals surface area contributed by atoms with Gasteiger partial charge in [0.1, 0.15) is 12.3 Å². The van der Waals surface area contributed by atoms with Crippen LogP contribution >= 0.6 is 11.6 Å². The van der Waals surface area contributed by atoms with Gasteiger partial charge >= 0.3 is 0 Å². The predicted octanol–water partition coefficient (Wildman–Crippen LogP) is 5.75. The summed E-state index contributed by atoms with van der Waals surface area (Å²) in [7, 11) is 1.59. The van der Waals surface area contributed by atoms with Gasteiger partial charge < -0.3 is 23.8 Å². The summed E-state index contributed by atoms with van der Waals surface area (Å²) in [6.45, 7) is 9.32. The van der Waals surface area contributed by atoms with E-state index in [1.807, 2.05) is 54.4 Å². The first-order chi connectivity index (χ1) is 18.8. The molecular formula is C31H40ClN3O4. The van der Waals surface area contributed by atoms with Crippen LogP contribution in [0, 0.1) is 5.92 Å². The van der Waals surface area contributed by atoms with E-state index in [1.54, 1.807) is 36.3 Å². The maximum absolute atomic E-state index is 13.7. The molecule has 0 aliphatic rings. The van der Waals surface area contributed by atoms with E-state index in [4.69, 9.17) is 21.1 Å². The van der Waals surface area contributed by atoms with Crippen molar-refractivity contribution in [3.63, 3.8) is 0 Å². The van der Waals surface area contributed by atoms with Crippen LogP contribution in [0.4, 0.5) is 0 Å². The fraction of sp³-hybridized carbons (Fsp3) is 0.419. The summed E-state index contributed by atoms with van der Waals surface area (Å²) in [5.74, 6) is 0.666. The normalized spacial score (nSPS) is 11.0. The second-order valence-electron chi connectivity index (χ2n) is 9.89. The van der Waals surface area contributed by atoms with E-state index in [2.05, 4.69) is 18.4 Å². The predicted molar refractivity (Wildman–Crippen MR) is 155 cm³/mol. The lowest BCUT2D eigenvalue weighted by atomic mass is 10.1. The number of nitrogens with zero attached hydrogens (tertiary/aromatic N) is 3. The van der Waals surface area contributed by atoms with E-state index in [0.717, 1.165) is 11.3 Å². The number of aromatic nitrogens is 1. The molecule has 0 N–H and O–H groups in total. The number of rotatable bonds is 15. The van der Waals surface area contributed by atoms with Crippen LogP contribution in [0.2, 0.25) is 5.02 Å². The van der Waals surface area contributed by atoms with E-state index in [9.17, 15) is 9.59 Å². The fourth-order valence-corrected chi connectivity index (χ4v) is 4.58. The molecule has 0 aliphatic heterocycles. The van der Waals surface area contributed by atoms with Crippen LogP contribution in [0.25, 0.3) is 0 Å². The van der Waals surface area contributed by atoms with Crippen LogP contribution in [0.15, 0.2) is 66.9 Å². The average molecular weight is 554 g/mol. The second-order valence-corrected chi connectivity index (χ2v) is 10.3. The Morgan fingerprint density at radius 3 is 2.41 bits per heavy atom. The highest BCUT2D eigenvalue weighted by Crippen LogP contribution is 2.19. The minimum atomic E-state index is -0.186. The van der Waals surface area contributed by atoms with Crippen LogP contribution in [-0.2, 0) is 22.6 Å². The van der Waals surface area contributed by atoms with Crippen molar-refractivity contribution in [2.45, 2.75) is 40.3 Å². The molecular weight excluding hydrogens is 514 g/mol. The Labute approximate surface area is 237 Å². The average Bonchev–Trinajstić information content (AvgIpc) is 3.37. The van der Waals surface area contributed by atoms with Crippen molar-refractivity contribution < 1.29 is 19.1 Å². The van der Waals surface area contributed by atoms with Gasteiger partial charge in [0.15, 0.2) is 0 Å². The Hall–Kier alpha value is -3.29. The highest BCUT2D eigenvalue weighted by Gasteiger charge is 2.24. The van der Waals surface area contributed by atoms with Gasteiger partial charge in [0.05, 0.1) is 13.7 Å². The van der Waals surface area contributed by atoms with Gasteiger partial charge in [-0.2, -0.15) is 0 Å². The molecule has 3 aromatic rings. The Kier molecular flexibility index (Phi) is 11.9. The molecule has 0 aliphatic carbocycles. The lowest BCUT2D eigenvalue weighted by molar-refractivity contribution is -0.133. The van der Waals surface area contributed by atoms with E-state index in [1.165, 1.54) is 0 Å². The van der Waals surface area contributed by atoms with Crippen molar-refractivity contribution in [1.82, 2.24) is 14.4 Å². The number of methoxy groups -OCH3 is 1. The zero-order valence-electron chi connectivity index (χ0n) is 23.4. The number of halogens is 1. The number of amides is 2. The number of hydrogen-bond acceptors (Lipinski definition) is 4. The van der Waals surface area contributed by atoms with Gasteiger partial charge in [-0.15, -0.1) is 0 Å². The van der Waals surface area contributed by atoms with E-state index >= 15 is 0 Å². The molecule has 0 saturated heterocycles. The first-order valence-electron chi connectivity index (χ1n) is 13.5. The molecule has 0 spiro atoms. The summed E-state index contributed by atoms with van der Waals surface area (Å²) < 4.78 is 12.8. The Balaban J connectivity index is 1.78. The van der Waals surface area contributed by atoms with Crippen molar-refractivity contribution in [3.05, 3.63) is 88.7 Å². The van der Waals surface area contributed by atoms with Gasteiger partial charge in [-0.05, 0) is 67.3 Å². The Morgan fingerprint density at radius 1 is 1.00 bits per heavy atom. The molecule has 210 valence electrons. The van der Waals surface area contributed by atoms with Gasteiger partial charge in [0.25, 0.3) is 5.91 Å². The largest absolute Gasteiger partial charge is 0.497 e. The molecule has 2 aromatic carbocycles. The third-order valence-electron chi connectivity index (χ3n) is 6.38. The van der Waals surface area contributed by atoms with Crippen LogP contribution in [0.1, 0.15) is 48.8 Å². The number of benzene rings is 2. The van der Waals surface area contributed by atoms with Crippen LogP contribution in [-0.4, -0.2) is 66.1 Å². The highest BCUT2D eigenvalue weighted by molar-refractivity contribution is 6.31. The maximum Gasteiger partial charge on any atom is 0.254 e. The first kappa shape index (κ1) is 30.3. The quantitative estimate of drug-likeness (QED) is 0.225. The van der Waals surface area contributed by atoms with Crippen molar-refractivity contribution >= 4 is 23.4 Å². The van der Waals surface area contributed by atoms with E-state index in [-0.39, 0.29) is 24.3 Å². The van der Waals surface area contributed by atoms with Crippen LogP contribution < -0.4 is 4.74 Å². The number of carbonyl (C=O) groups excluding carboxylic acids is 2. The topological polar surface area (TPSA) is 64.0 Å². The highest BCUT2D eigenvalue weighted by atomic mass is 35.5. The Bertz CT molecular complexity index is 1190. The summed E-state index contributed by atoms with van der Waals surface area (Å²) in [5, 5.41) is 0.715. The molecule has 0 fully saturated rings. The second kappa shape index (κ2) is 15.3. The molecule has 1 aromatic heterocycles. The molecule has 0 radical (unpaired) electrons. The summed E-state index contributed by atoms with van der Waals surface area (Å²) in [6, 6.07) is 18.8. The lowest BCUT2D eigenvalue weighted by Gasteiger charge is -2.29. The van der Waals surface area contributed by atoms with Crippen LogP contribution in [0.3, 0.4) is 0 Å². The smallest absolute Gasteiger partial charge is 0.254 e. The molecule has 0 saturated carbocycles. The molecule has 3 rings (SSSR count). The van der Waals surface area contributed by atoms with Crippen molar-refractivity contribution in [3.8, 4) is 5.75 Å². The molecule has 8 heteroatoms. The SMILES string of the molecule is CCOCCCN(CC(=O)N(Cc1cccn1Cc1ccccc1Cl)CC(C)C)C(=O)c1ccc(OC)cc1. The van der Waals surface area contributed by atoms with E-state index in [0.29, 0.717) is 62.1 Å².